The van der Waals surface area contributed by atoms with Crippen LogP contribution in [0.4, 0.5) is 0 Å². The molecule has 0 amide bonds. The molecule has 0 spiro atoms. The standard InChI is InChI=1S/C10H17NO4S/c1-5-3-7-9(6(2)15-5)16(14)4-8(11-7)10(12)13/h5-9,11H,3-4H2,1-2H3,(H,12,13). The van der Waals surface area contributed by atoms with Crippen molar-refractivity contribution in [3.05, 3.63) is 0 Å². The smallest absolute Gasteiger partial charge is 0.321 e. The first-order valence-electron chi connectivity index (χ1n) is 5.50. The highest BCUT2D eigenvalue weighted by atomic mass is 32.2. The van der Waals surface area contributed by atoms with Crippen LogP contribution in [0.3, 0.4) is 0 Å². The maximum Gasteiger partial charge on any atom is 0.321 e. The molecule has 2 aliphatic heterocycles. The van der Waals surface area contributed by atoms with Crippen LogP contribution in [0.5, 0.6) is 0 Å². The molecule has 2 N–H and O–H groups in total. The van der Waals surface area contributed by atoms with Crippen LogP contribution in [0.2, 0.25) is 0 Å². The molecule has 6 heteroatoms. The molecule has 2 aliphatic rings. The minimum absolute atomic E-state index is 0.00515. The van der Waals surface area contributed by atoms with Gasteiger partial charge in [-0.05, 0) is 20.3 Å². The van der Waals surface area contributed by atoms with E-state index < -0.39 is 22.8 Å². The lowest BCUT2D eigenvalue weighted by atomic mass is 9.98. The summed E-state index contributed by atoms with van der Waals surface area (Å²) in [4.78, 5) is 10.9. The number of rotatable bonds is 1. The number of hydrogen-bond donors (Lipinski definition) is 2. The van der Waals surface area contributed by atoms with Gasteiger partial charge >= 0.3 is 5.97 Å². The van der Waals surface area contributed by atoms with Gasteiger partial charge in [0.25, 0.3) is 0 Å². The van der Waals surface area contributed by atoms with Crippen LogP contribution in [0.1, 0.15) is 20.3 Å². The fraction of sp³-hybridized carbons (Fsp3) is 0.900. The second-order valence-electron chi connectivity index (χ2n) is 4.56. The van der Waals surface area contributed by atoms with Crippen molar-refractivity contribution in [1.29, 1.82) is 0 Å². The Hall–Kier alpha value is -0.460. The first-order chi connectivity index (χ1) is 7.49. The van der Waals surface area contributed by atoms with Crippen molar-refractivity contribution in [2.24, 2.45) is 0 Å². The number of carboxylic acid groups (broad SMARTS) is 1. The van der Waals surface area contributed by atoms with Gasteiger partial charge in [0, 0.05) is 16.8 Å². The van der Waals surface area contributed by atoms with Crippen molar-refractivity contribution < 1.29 is 18.8 Å². The van der Waals surface area contributed by atoms with E-state index in [4.69, 9.17) is 9.84 Å². The van der Waals surface area contributed by atoms with Gasteiger partial charge in [0.1, 0.15) is 6.04 Å². The largest absolute Gasteiger partial charge is 0.480 e. The summed E-state index contributed by atoms with van der Waals surface area (Å²) in [6.07, 6.45) is 0.745. The van der Waals surface area contributed by atoms with Gasteiger partial charge in [0.2, 0.25) is 0 Å². The minimum atomic E-state index is -1.12. The summed E-state index contributed by atoms with van der Waals surface area (Å²) in [6.45, 7) is 3.87. The molecule has 92 valence electrons. The third-order valence-corrected chi connectivity index (χ3v) is 5.22. The Bertz CT molecular complexity index is 322. The molecule has 6 atom stereocenters. The fourth-order valence-electron chi connectivity index (χ4n) is 2.60. The van der Waals surface area contributed by atoms with Gasteiger partial charge in [-0.15, -0.1) is 0 Å². The highest BCUT2D eigenvalue weighted by molar-refractivity contribution is 7.85. The van der Waals surface area contributed by atoms with E-state index in [0.717, 1.165) is 6.42 Å². The molecular weight excluding hydrogens is 230 g/mol. The van der Waals surface area contributed by atoms with Crippen molar-refractivity contribution in [2.45, 2.75) is 49.8 Å². The monoisotopic (exact) mass is 247 g/mol. The predicted octanol–water partition coefficient (Wildman–Crippen LogP) is -0.274. The van der Waals surface area contributed by atoms with Crippen molar-refractivity contribution in [3.63, 3.8) is 0 Å². The Morgan fingerprint density at radius 3 is 2.81 bits per heavy atom. The predicted molar refractivity (Wildman–Crippen MR) is 59.8 cm³/mol. The average Bonchev–Trinajstić information content (AvgIpc) is 2.15. The van der Waals surface area contributed by atoms with Gasteiger partial charge in [0.15, 0.2) is 0 Å². The van der Waals surface area contributed by atoms with Crippen LogP contribution < -0.4 is 5.32 Å². The van der Waals surface area contributed by atoms with E-state index in [1.54, 1.807) is 0 Å². The Kier molecular flexibility index (Phi) is 3.32. The van der Waals surface area contributed by atoms with E-state index >= 15 is 0 Å². The lowest BCUT2D eigenvalue weighted by Gasteiger charge is -2.43. The van der Waals surface area contributed by atoms with E-state index in [9.17, 15) is 9.00 Å². The topological polar surface area (TPSA) is 75.6 Å². The zero-order chi connectivity index (χ0) is 11.9. The van der Waals surface area contributed by atoms with Gasteiger partial charge in [-0.2, -0.15) is 0 Å². The second-order valence-corrected chi connectivity index (χ2v) is 6.20. The molecule has 0 radical (unpaired) electrons. The molecule has 0 saturated carbocycles. The third kappa shape index (κ3) is 2.14. The maximum atomic E-state index is 12.0. The Labute approximate surface area is 97.0 Å². The van der Waals surface area contributed by atoms with Crippen molar-refractivity contribution in [1.82, 2.24) is 5.32 Å². The lowest BCUT2D eigenvalue weighted by Crippen LogP contribution is -2.64. The van der Waals surface area contributed by atoms with Gasteiger partial charge in [-0.25, -0.2) is 0 Å². The van der Waals surface area contributed by atoms with Crippen molar-refractivity contribution in [3.8, 4) is 0 Å². The molecule has 2 saturated heterocycles. The molecule has 16 heavy (non-hydrogen) atoms. The fourth-order valence-corrected chi connectivity index (χ4v) is 4.44. The molecule has 5 nitrogen and oxygen atoms in total. The first kappa shape index (κ1) is 12.0. The van der Waals surface area contributed by atoms with E-state index in [1.807, 2.05) is 13.8 Å². The Balaban J connectivity index is 2.15. The highest BCUT2D eigenvalue weighted by Crippen LogP contribution is 2.27. The van der Waals surface area contributed by atoms with Crippen LogP contribution in [0, 0.1) is 0 Å². The Morgan fingerprint density at radius 2 is 2.19 bits per heavy atom. The zero-order valence-corrected chi connectivity index (χ0v) is 10.2. The lowest BCUT2D eigenvalue weighted by molar-refractivity contribution is -0.139. The molecule has 2 rings (SSSR count). The number of aliphatic carboxylic acids is 1. The molecule has 0 aromatic carbocycles. The number of hydrogen-bond acceptors (Lipinski definition) is 4. The zero-order valence-electron chi connectivity index (χ0n) is 9.38. The summed E-state index contributed by atoms with van der Waals surface area (Å²) in [5.74, 6) is -0.739. The van der Waals surface area contributed by atoms with Gasteiger partial charge in [-0.1, -0.05) is 0 Å². The molecule has 2 heterocycles. The molecule has 0 aromatic heterocycles. The van der Waals surface area contributed by atoms with Gasteiger partial charge in [0.05, 0.1) is 23.2 Å². The molecule has 6 unspecified atom stereocenters. The summed E-state index contributed by atoms with van der Waals surface area (Å²) >= 11 is 0. The molecular formula is C10H17NO4S. The average molecular weight is 247 g/mol. The summed E-state index contributed by atoms with van der Waals surface area (Å²) in [7, 11) is -1.12. The van der Waals surface area contributed by atoms with Gasteiger partial charge in [-0.3, -0.25) is 14.3 Å². The molecule has 2 fully saturated rings. The minimum Gasteiger partial charge on any atom is -0.480 e. The summed E-state index contributed by atoms with van der Waals surface area (Å²) in [5, 5.41) is 11.9. The quantitative estimate of drug-likeness (QED) is 0.667. The van der Waals surface area contributed by atoms with Crippen LogP contribution in [0.25, 0.3) is 0 Å². The van der Waals surface area contributed by atoms with Crippen molar-refractivity contribution >= 4 is 16.8 Å². The Morgan fingerprint density at radius 1 is 1.50 bits per heavy atom. The van der Waals surface area contributed by atoms with E-state index in [1.165, 1.54) is 0 Å². The van der Waals surface area contributed by atoms with Crippen LogP contribution in [0.15, 0.2) is 0 Å². The van der Waals surface area contributed by atoms with E-state index in [2.05, 4.69) is 5.32 Å². The van der Waals surface area contributed by atoms with Crippen molar-refractivity contribution in [2.75, 3.05) is 5.75 Å². The summed E-state index contributed by atoms with van der Waals surface area (Å²) < 4.78 is 17.6. The number of nitrogens with one attached hydrogen (secondary N) is 1. The van der Waals surface area contributed by atoms with Crippen LogP contribution >= 0.6 is 0 Å². The normalized spacial score (nSPS) is 48.4. The summed E-state index contributed by atoms with van der Waals surface area (Å²) in [6, 6.07) is -0.686. The first-order valence-corrected chi connectivity index (χ1v) is 6.88. The van der Waals surface area contributed by atoms with Crippen LogP contribution in [-0.4, -0.2) is 50.6 Å². The SMILES string of the molecule is CC1CC2NC(C(=O)O)CS(=O)C2C(C)O1. The molecule has 0 bridgehead atoms. The third-order valence-electron chi connectivity index (χ3n) is 3.24. The number of fused-ring (bicyclic) bond motifs is 1. The highest BCUT2D eigenvalue weighted by Gasteiger charge is 2.44. The summed E-state index contributed by atoms with van der Waals surface area (Å²) in [5.41, 5.74) is 0. The maximum absolute atomic E-state index is 12.0. The second kappa shape index (κ2) is 4.43. The van der Waals surface area contributed by atoms with E-state index in [0.29, 0.717) is 0 Å². The number of carbonyl (C=O) groups is 1. The number of carboxylic acids is 1. The number of ether oxygens (including phenoxy) is 1. The van der Waals surface area contributed by atoms with E-state index in [-0.39, 0.29) is 29.3 Å². The van der Waals surface area contributed by atoms with Gasteiger partial charge < -0.3 is 9.84 Å². The molecule has 0 aromatic rings. The molecule has 0 aliphatic carbocycles. The van der Waals surface area contributed by atoms with Crippen LogP contribution in [-0.2, 0) is 20.3 Å².